The van der Waals surface area contributed by atoms with Crippen LogP contribution < -0.4 is 11.1 Å². The molecule has 0 saturated heterocycles. The van der Waals surface area contributed by atoms with E-state index >= 15 is 0 Å². The molecule has 1 saturated carbocycles. The highest BCUT2D eigenvalue weighted by Gasteiger charge is 2.25. The van der Waals surface area contributed by atoms with Gasteiger partial charge in [-0.25, -0.2) is 0 Å². The van der Waals surface area contributed by atoms with Crippen molar-refractivity contribution in [2.24, 2.45) is 11.7 Å². The zero-order valence-electron chi connectivity index (χ0n) is 11.9. The molecule has 0 heterocycles. The van der Waals surface area contributed by atoms with E-state index in [0.29, 0.717) is 12.1 Å². The molecule has 1 amide bonds. The van der Waals surface area contributed by atoms with Crippen molar-refractivity contribution in [3.05, 3.63) is 35.4 Å². The molecule has 0 radical (unpaired) electrons. The summed E-state index contributed by atoms with van der Waals surface area (Å²) in [7, 11) is 0. The molecule has 1 unspecified atom stereocenters. The smallest absolute Gasteiger partial charge is 0.220 e. The van der Waals surface area contributed by atoms with Crippen LogP contribution in [0.2, 0.25) is 0 Å². The predicted octanol–water partition coefficient (Wildman–Crippen LogP) is 2.69. The van der Waals surface area contributed by atoms with Crippen LogP contribution >= 0.6 is 0 Å². The molecule has 1 atom stereocenters. The van der Waals surface area contributed by atoms with Crippen LogP contribution in [0, 0.1) is 12.8 Å². The van der Waals surface area contributed by atoms with Crippen molar-refractivity contribution < 1.29 is 4.79 Å². The molecule has 1 fully saturated rings. The molecule has 2 rings (SSSR count). The largest absolute Gasteiger partial charge is 0.369 e. The third-order valence-electron chi connectivity index (χ3n) is 4.16. The van der Waals surface area contributed by atoms with E-state index in [1.165, 1.54) is 11.1 Å². The van der Waals surface area contributed by atoms with Crippen LogP contribution in [0.1, 0.15) is 49.8 Å². The maximum Gasteiger partial charge on any atom is 0.220 e. The van der Waals surface area contributed by atoms with Crippen molar-refractivity contribution in [3.8, 4) is 0 Å². The van der Waals surface area contributed by atoms with E-state index in [1.807, 2.05) is 0 Å². The Morgan fingerprint density at radius 3 is 2.58 bits per heavy atom. The van der Waals surface area contributed by atoms with Gasteiger partial charge >= 0.3 is 0 Å². The van der Waals surface area contributed by atoms with E-state index < -0.39 is 0 Å². The molecule has 1 aromatic rings. The lowest BCUT2D eigenvalue weighted by Crippen LogP contribution is -2.37. The maximum atomic E-state index is 11.1. The minimum absolute atomic E-state index is 0.0901. The molecule has 3 nitrogen and oxygen atoms in total. The Morgan fingerprint density at radius 1 is 1.32 bits per heavy atom. The van der Waals surface area contributed by atoms with Crippen molar-refractivity contribution in [1.29, 1.82) is 0 Å². The minimum atomic E-state index is -0.134. The van der Waals surface area contributed by atoms with Crippen LogP contribution in [0.4, 0.5) is 0 Å². The van der Waals surface area contributed by atoms with E-state index in [4.69, 9.17) is 5.73 Å². The number of carbonyl (C=O) groups is 1. The number of hydrogen-bond acceptors (Lipinski definition) is 2. The number of aryl methyl sites for hydroxylation is 1. The summed E-state index contributed by atoms with van der Waals surface area (Å²) in [6, 6.07) is 9.48. The molecular formula is C16H24N2O. The first-order chi connectivity index (χ1) is 9.06. The molecule has 0 aromatic heterocycles. The zero-order valence-corrected chi connectivity index (χ0v) is 11.9. The third-order valence-corrected chi connectivity index (χ3v) is 4.16. The van der Waals surface area contributed by atoms with Crippen LogP contribution in [-0.4, -0.2) is 11.9 Å². The summed E-state index contributed by atoms with van der Waals surface area (Å²) < 4.78 is 0. The second-order valence-electron chi connectivity index (χ2n) is 5.75. The monoisotopic (exact) mass is 260 g/mol. The van der Waals surface area contributed by atoms with E-state index in [1.54, 1.807) is 0 Å². The summed E-state index contributed by atoms with van der Waals surface area (Å²) in [5.74, 6) is -0.0440. The maximum absolute atomic E-state index is 11.1. The topological polar surface area (TPSA) is 55.1 Å². The third kappa shape index (κ3) is 3.80. The Labute approximate surface area is 115 Å². The normalized spacial score (nSPS) is 24.9. The molecule has 3 N–H and O–H groups in total. The number of benzene rings is 1. The van der Waals surface area contributed by atoms with Gasteiger partial charge in [0.15, 0.2) is 0 Å². The Morgan fingerprint density at radius 2 is 2.00 bits per heavy atom. The highest BCUT2D eigenvalue weighted by Crippen LogP contribution is 2.26. The number of nitrogens with two attached hydrogens (primary N) is 1. The Hall–Kier alpha value is -1.35. The molecule has 104 valence electrons. The second kappa shape index (κ2) is 6.20. The first kappa shape index (κ1) is 14.1. The Kier molecular flexibility index (Phi) is 4.59. The summed E-state index contributed by atoms with van der Waals surface area (Å²) in [4.78, 5) is 11.1. The number of rotatable bonds is 4. The van der Waals surface area contributed by atoms with E-state index in [-0.39, 0.29) is 11.8 Å². The zero-order chi connectivity index (χ0) is 13.8. The van der Waals surface area contributed by atoms with Gasteiger partial charge in [0.05, 0.1) is 0 Å². The van der Waals surface area contributed by atoms with Crippen LogP contribution in [0.25, 0.3) is 0 Å². The fourth-order valence-corrected chi connectivity index (χ4v) is 2.93. The molecular weight excluding hydrogens is 236 g/mol. The lowest BCUT2D eigenvalue weighted by molar-refractivity contribution is -0.122. The van der Waals surface area contributed by atoms with Gasteiger partial charge in [0.1, 0.15) is 0 Å². The summed E-state index contributed by atoms with van der Waals surface area (Å²) in [5.41, 5.74) is 7.99. The fraction of sp³-hybridized carbons (Fsp3) is 0.562. The Bertz CT molecular complexity index is 436. The molecule has 0 aliphatic heterocycles. The van der Waals surface area contributed by atoms with Gasteiger partial charge in [-0.05, 0) is 45.1 Å². The van der Waals surface area contributed by atoms with Crippen LogP contribution in [-0.2, 0) is 4.79 Å². The number of hydrogen-bond donors (Lipinski definition) is 2. The van der Waals surface area contributed by atoms with Gasteiger partial charge in [-0.15, -0.1) is 0 Å². The fourth-order valence-electron chi connectivity index (χ4n) is 2.93. The molecule has 19 heavy (non-hydrogen) atoms. The lowest BCUT2D eigenvalue weighted by atomic mass is 9.85. The van der Waals surface area contributed by atoms with E-state index in [0.717, 1.165) is 25.7 Å². The van der Waals surface area contributed by atoms with Gasteiger partial charge in [0.25, 0.3) is 0 Å². The van der Waals surface area contributed by atoms with Crippen molar-refractivity contribution in [3.63, 3.8) is 0 Å². The highest BCUT2D eigenvalue weighted by molar-refractivity contribution is 5.76. The quantitative estimate of drug-likeness (QED) is 0.874. The highest BCUT2D eigenvalue weighted by atomic mass is 16.1. The van der Waals surface area contributed by atoms with Crippen molar-refractivity contribution >= 4 is 5.91 Å². The summed E-state index contributed by atoms with van der Waals surface area (Å²) in [6.45, 7) is 4.32. The number of nitrogens with one attached hydrogen (secondary N) is 1. The van der Waals surface area contributed by atoms with Crippen molar-refractivity contribution in [2.45, 2.75) is 51.6 Å². The molecule has 0 spiro atoms. The minimum Gasteiger partial charge on any atom is -0.369 e. The SMILES string of the molecule is Cc1cccc(C(C)NC2CCC(C(N)=O)CC2)c1. The molecule has 1 aromatic carbocycles. The van der Waals surface area contributed by atoms with Crippen LogP contribution in [0.3, 0.4) is 0 Å². The van der Waals surface area contributed by atoms with Gasteiger partial charge in [0.2, 0.25) is 5.91 Å². The average molecular weight is 260 g/mol. The lowest BCUT2D eigenvalue weighted by Gasteiger charge is -2.30. The summed E-state index contributed by atoms with van der Waals surface area (Å²) in [5, 5.41) is 3.67. The first-order valence-corrected chi connectivity index (χ1v) is 7.18. The van der Waals surface area contributed by atoms with Gasteiger partial charge in [0, 0.05) is 18.0 Å². The molecule has 1 aliphatic carbocycles. The van der Waals surface area contributed by atoms with Gasteiger partial charge in [-0.2, -0.15) is 0 Å². The summed E-state index contributed by atoms with van der Waals surface area (Å²) >= 11 is 0. The molecule has 1 aliphatic rings. The van der Waals surface area contributed by atoms with Crippen LogP contribution in [0.15, 0.2) is 24.3 Å². The number of carbonyl (C=O) groups excluding carboxylic acids is 1. The van der Waals surface area contributed by atoms with Crippen LogP contribution in [0.5, 0.6) is 0 Å². The predicted molar refractivity (Wildman–Crippen MR) is 77.7 cm³/mol. The van der Waals surface area contributed by atoms with Gasteiger partial charge < -0.3 is 11.1 Å². The molecule has 0 bridgehead atoms. The number of primary amides is 1. The number of amides is 1. The average Bonchev–Trinajstić information content (AvgIpc) is 2.39. The molecule has 3 heteroatoms. The second-order valence-corrected chi connectivity index (χ2v) is 5.75. The standard InChI is InChI=1S/C16H24N2O/c1-11-4-3-5-14(10-11)12(2)18-15-8-6-13(7-9-15)16(17)19/h3-5,10,12-13,15,18H,6-9H2,1-2H3,(H2,17,19). The Balaban J connectivity index is 1.87. The van der Waals surface area contributed by atoms with Crippen molar-refractivity contribution in [1.82, 2.24) is 5.32 Å². The van der Waals surface area contributed by atoms with Crippen molar-refractivity contribution in [2.75, 3.05) is 0 Å². The van der Waals surface area contributed by atoms with Gasteiger partial charge in [-0.1, -0.05) is 29.8 Å². The van der Waals surface area contributed by atoms with E-state index in [9.17, 15) is 4.79 Å². The van der Waals surface area contributed by atoms with Gasteiger partial charge in [-0.3, -0.25) is 4.79 Å². The van der Waals surface area contributed by atoms with E-state index in [2.05, 4.69) is 43.4 Å². The summed E-state index contributed by atoms with van der Waals surface area (Å²) in [6.07, 6.45) is 3.94. The first-order valence-electron chi connectivity index (χ1n) is 7.18.